The van der Waals surface area contributed by atoms with Crippen LogP contribution in [-0.2, 0) is 6.54 Å². The van der Waals surface area contributed by atoms with Crippen LogP contribution < -0.4 is 5.32 Å². The van der Waals surface area contributed by atoms with Crippen LogP contribution in [0.3, 0.4) is 0 Å². The van der Waals surface area contributed by atoms with Crippen LogP contribution in [0.2, 0.25) is 0 Å². The van der Waals surface area contributed by atoms with Gasteiger partial charge < -0.3 is 5.32 Å². The molecule has 1 saturated heterocycles. The molecule has 1 fully saturated rings. The van der Waals surface area contributed by atoms with Crippen LogP contribution in [0.4, 0.5) is 0 Å². The Balaban J connectivity index is 2.10. The fraction of sp³-hybridized carbons (Fsp3) is 0.625. The molecule has 2 atom stereocenters. The third kappa shape index (κ3) is 3.56. The zero-order valence-corrected chi connectivity index (χ0v) is 12.2. The molecule has 0 spiro atoms. The average molecular weight is 246 g/mol. The summed E-state index contributed by atoms with van der Waals surface area (Å²) < 4.78 is 0. The van der Waals surface area contributed by atoms with Gasteiger partial charge in [0.15, 0.2) is 0 Å². The average Bonchev–Trinajstić information content (AvgIpc) is 2.40. The Kier molecular flexibility index (Phi) is 4.41. The van der Waals surface area contributed by atoms with Gasteiger partial charge in [-0.2, -0.15) is 0 Å². The van der Waals surface area contributed by atoms with Crippen molar-refractivity contribution in [3.63, 3.8) is 0 Å². The highest BCUT2D eigenvalue weighted by Gasteiger charge is 2.20. The topological polar surface area (TPSA) is 15.3 Å². The largest absolute Gasteiger partial charge is 0.313 e. The molecular weight excluding hydrogens is 220 g/mol. The molecule has 0 bridgehead atoms. The smallest absolute Gasteiger partial charge is 0.0237 e. The third-order valence-corrected chi connectivity index (χ3v) is 3.85. The van der Waals surface area contributed by atoms with E-state index in [1.807, 2.05) is 0 Å². The van der Waals surface area contributed by atoms with E-state index in [2.05, 4.69) is 56.1 Å². The van der Waals surface area contributed by atoms with Gasteiger partial charge in [-0.1, -0.05) is 29.3 Å². The molecule has 1 N–H and O–H groups in total. The molecule has 1 aromatic rings. The normalized spacial score (nSPS) is 26.0. The predicted octanol–water partition coefficient (Wildman–Crippen LogP) is 2.88. The summed E-state index contributed by atoms with van der Waals surface area (Å²) >= 11 is 0. The number of aryl methyl sites for hydroxylation is 2. The van der Waals surface area contributed by atoms with Crippen molar-refractivity contribution in [1.29, 1.82) is 0 Å². The second-order valence-corrected chi connectivity index (χ2v) is 5.92. The first-order chi connectivity index (χ1) is 8.54. The van der Waals surface area contributed by atoms with Crippen LogP contribution in [0.1, 0.15) is 37.0 Å². The van der Waals surface area contributed by atoms with E-state index in [-0.39, 0.29) is 0 Å². The Morgan fingerprint density at radius 3 is 2.50 bits per heavy atom. The van der Waals surface area contributed by atoms with Crippen molar-refractivity contribution < 1.29 is 0 Å². The van der Waals surface area contributed by atoms with Crippen molar-refractivity contribution in [2.45, 2.75) is 52.7 Å². The highest BCUT2D eigenvalue weighted by molar-refractivity contribution is 5.28. The first kappa shape index (κ1) is 13.6. The fourth-order valence-corrected chi connectivity index (χ4v) is 2.93. The molecule has 100 valence electrons. The molecule has 1 aliphatic rings. The quantitative estimate of drug-likeness (QED) is 0.863. The van der Waals surface area contributed by atoms with E-state index in [1.54, 1.807) is 0 Å². The number of hydrogen-bond donors (Lipinski definition) is 1. The van der Waals surface area contributed by atoms with Gasteiger partial charge in [0.1, 0.15) is 0 Å². The van der Waals surface area contributed by atoms with Gasteiger partial charge >= 0.3 is 0 Å². The Morgan fingerprint density at radius 1 is 1.17 bits per heavy atom. The Labute approximate surface area is 111 Å². The summed E-state index contributed by atoms with van der Waals surface area (Å²) in [6.07, 6.45) is 1.25. The number of nitrogens with one attached hydrogen (secondary N) is 1. The van der Waals surface area contributed by atoms with E-state index in [0.717, 1.165) is 19.6 Å². The highest BCUT2D eigenvalue weighted by atomic mass is 15.2. The second-order valence-electron chi connectivity index (χ2n) is 5.92. The standard InChI is InChI=1S/C16H26N2/c1-12-7-13(2)9-16(8-12)11-18-10-14(3)17-6-5-15(18)4/h7-9,14-15,17H,5-6,10-11H2,1-4H3. The van der Waals surface area contributed by atoms with Gasteiger partial charge in [-0.3, -0.25) is 4.90 Å². The number of benzene rings is 1. The molecule has 18 heavy (non-hydrogen) atoms. The Bertz CT molecular complexity index is 380. The number of rotatable bonds is 2. The first-order valence-electron chi connectivity index (χ1n) is 7.09. The summed E-state index contributed by atoms with van der Waals surface area (Å²) in [4.78, 5) is 2.61. The molecule has 1 aromatic carbocycles. The van der Waals surface area contributed by atoms with Crippen molar-refractivity contribution in [3.8, 4) is 0 Å². The van der Waals surface area contributed by atoms with Gasteiger partial charge in [0.05, 0.1) is 0 Å². The van der Waals surface area contributed by atoms with Gasteiger partial charge in [0, 0.05) is 25.2 Å². The molecule has 2 unspecified atom stereocenters. The molecule has 2 heteroatoms. The zero-order chi connectivity index (χ0) is 13.1. The van der Waals surface area contributed by atoms with Gasteiger partial charge in [0.2, 0.25) is 0 Å². The van der Waals surface area contributed by atoms with Crippen LogP contribution in [-0.4, -0.2) is 30.1 Å². The fourth-order valence-electron chi connectivity index (χ4n) is 2.93. The number of nitrogens with zero attached hydrogens (tertiary/aromatic N) is 1. The van der Waals surface area contributed by atoms with Gasteiger partial charge in [-0.25, -0.2) is 0 Å². The lowest BCUT2D eigenvalue weighted by Crippen LogP contribution is -2.38. The lowest BCUT2D eigenvalue weighted by Gasteiger charge is -2.28. The van der Waals surface area contributed by atoms with Crippen molar-refractivity contribution in [2.75, 3.05) is 13.1 Å². The third-order valence-electron chi connectivity index (χ3n) is 3.85. The van der Waals surface area contributed by atoms with E-state index in [9.17, 15) is 0 Å². The predicted molar refractivity (Wildman–Crippen MR) is 77.9 cm³/mol. The summed E-state index contributed by atoms with van der Waals surface area (Å²) in [6.45, 7) is 12.4. The molecular formula is C16H26N2. The van der Waals surface area contributed by atoms with E-state index in [0.29, 0.717) is 12.1 Å². The van der Waals surface area contributed by atoms with E-state index >= 15 is 0 Å². The molecule has 1 aliphatic heterocycles. The van der Waals surface area contributed by atoms with Crippen molar-refractivity contribution in [3.05, 3.63) is 34.9 Å². The van der Waals surface area contributed by atoms with Crippen LogP contribution in [0.15, 0.2) is 18.2 Å². The lowest BCUT2D eigenvalue weighted by molar-refractivity contribution is 0.199. The first-order valence-corrected chi connectivity index (χ1v) is 7.09. The molecule has 1 heterocycles. The minimum Gasteiger partial charge on any atom is -0.313 e. The molecule has 0 radical (unpaired) electrons. The zero-order valence-electron chi connectivity index (χ0n) is 12.2. The van der Waals surface area contributed by atoms with E-state index in [1.165, 1.54) is 23.1 Å². The summed E-state index contributed by atoms with van der Waals surface area (Å²) in [5, 5.41) is 3.57. The molecule has 0 saturated carbocycles. The van der Waals surface area contributed by atoms with Crippen LogP contribution >= 0.6 is 0 Å². The summed E-state index contributed by atoms with van der Waals surface area (Å²) in [6, 6.07) is 8.16. The molecule has 2 rings (SSSR count). The van der Waals surface area contributed by atoms with Gasteiger partial charge in [-0.15, -0.1) is 0 Å². The molecule has 0 amide bonds. The minimum atomic E-state index is 0.598. The summed E-state index contributed by atoms with van der Waals surface area (Å²) in [5.41, 5.74) is 4.20. The summed E-state index contributed by atoms with van der Waals surface area (Å²) in [5.74, 6) is 0. The number of hydrogen-bond acceptors (Lipinski definition) is 2. The van der Waals surface area contributed by atoms with Crippen LogP contribution in [0.5, 0.6) is 0 Å². The Morgan fingerprint density at radius 2 is 1.83 bits per heavy atom. The monoisotopic (exact) mass is 246 g/mol. The van der Waals surface area contributed by atoms with Crippen molar-refractivity contribution in [1.82, 2.24) is 10.2 Å². The van der Waals surface area contributed by atoms with Crippen molar-refractivity contribution >= 4 is 0 Å². The van der Waals surface area contributed by atoms with Crippen LogP contribution in [0.25, 0.3) is 0 Å². The maximum Gasteiger partial charge on any atom is 0.0237 e. The maximum absolute atomic E-state index is 3.57. The lowest BCUT2D eigenvalue weighted by atomic mass is 10.1. The minimum absolute atomic E-state index is 0.598. The van der Waals surface area contributed by atoms with Gasteiger partial charge in [-0.05, 0) is 46.2 Å². The van der Waals surface area contributed by atoms with Crippen LogP contribution in [0, 0.1) is 13.8 Å². The van der Waals surface area contributed by atoms with Gasteiger partial charge in [0.25, 0.3) is 0 Å². The molecule has 0 aromatic heterocycles. The SMILES string of the molecule is Cc1cc(C)cc(CN2CC(C)NCCC2C)c1. The highest BCUT2D eigenvalue weighted by Crippen LogP contribution is 2.16. The summed E-state index contributed by atoms with van der Waals surface area (Å²) in [7, 11) is 0. The maximum atomic E-state index is 3.57. The molecule has 0 aliphatic carbocycles. The second kappa shape index (κ2) is 5.85. The Hall–Kier alpha value is -0.860. The van der Waals surface area contributed by atoms with E-state index in [4.69, 9.17) is 0 Å². The van der Waals surface area contributed by atoms with E-state index < -0.39 is 0 Å². The van der Waals surface area contributed by atoms with Crippen molar-refractivity contribution in [2.24, 2.45) is 0 Å². The molecule has 2 nitrogen and oxygen atoms in total.